The van der Waals surface area contributed by atoms with Crippen molar-refractivity contribution >= 4 is 17.5 Å². The fraction of sp³-hybridized carbons (Fsp3) is 0.417. The maximum atomic E-state index is 12.1. The van der Waals surface area contributed by atoms with Crippen molar-refractivity contribution in [3.63, 3.8) is 0 Å². The second-order valence-corrected chi connectivity index (χ2v) is 4.77. The lowest BCUT2D eigenvalue weighted by atomic mass is 10.1. The summed E-state index contributed by atoms with van der Waals surface area (Å²) in [6.45, 7) is 3.76. The van der Waals surface area contributed by atoms with Gasteiger partial charge in [-0.2, -0.15) is 10.2 Å². The van der Waals surface area contributed by atoms with Crippen molar-refractivity contribution in [2.24, 2.45) is 7.05 Å². The van der Waals surface area contributed by atoms with Crippen LogP contribution in [0, 0.1) is 6.92 Å². The van der Waals surface area contributed by atoms with Crippen LogP contribution in [0.3, 0.4) is 0 Å². The van der Waals surface area contributed by atoms with Crippen LogP contribution in [0.25, 0.3) is 0 Å². The molecule has 2 aromatic heterocycles. The summed E-state index contributed by atoms with van der Waals surface area (Å²) in [4.78, 5) is 12.1. The van der Waals surface area contributed by atoms with Gasteiger partial charge in [0.2, 0.25) is 0 Å². The molecule has 2 rings (SSSR count). The van der Waals surface area contributed by atoms with Crippen LogP contribution < -0.4 is 5.32 Å². The standard InChI is InChI=1S/C12H16ClN5O/c1-4-9(8-5-14-18(3)6-8)15-12(19)11-10(13)7(2)16-17-11/h5-6,9H,4H2,1-3H3,(H,15,19)(H,16,17). The first kappa shape index (κ1) is 13.6. The molecule has 2 N–H and O–H groups in total. The molecule has 2 aromatic rings. The van der Waals surface area contributed by atoms with Crippen molar-refractivity contribution in [1.82, 2.24) is 25.3 Å². The van der Waals surface area contributed by atoms with Gasteiger partial charge in [-0.15, -0.1) is 0 Å². The lowest BCUT2D eigenvalue weighted by molar-refractivity contribution is 0.0930. The zero-order valence-corrected chi connectivity index (χ0v) is 11.8. The molecule has 1 atom stereocenters. The molecule has 7 heteroatoms. The number of hydrogen-bond acceptors (Lipinski definition) is 3. The minimum atomic E-state index is -0.287. The van der Waals surface area contributed by atoms with E-state index in [0.717, 1.165) is 12.0 Å². The number of halogens is 1. The Labute approximate surface area is 116 Å². The van der Waals surface area contributed by atoms with E-state index in [1.54, 1.807) is 17.8 Å². The van der Waals surface area contributed by atoms with Crippen molar-refractivity contribution < 1.29 is 4.79 Å². The van der Waals surface area contributed by atoms with Gasteiger partial charge in [-0.3, -0.25) is 14.6 Å². The molecule has 1 amide bonds. The number of rotatable bonds is 4. The highest BCUT2D eigenvalue weighted by Crippen LogP contribution is 2.20. The van der Waals surface area contributed by atoms with Gasteiger partial charge in [0, 0.05) is 18.8 Å². The summed E-state index contributed by atoms with van der Waals surface area (Å²) in [5.74, 6) is -0.287. The van der Waals surface area contributed by atoms with Crippen LogP contribution in [0.1, 0.15) is 41.1 Å². The predicted molar refractivity (Wildman–Crippen MR) is 72.0 cm³/mol. The third kappa shape index (κ3) is 2.78. The van der Waals surface area contributed by atoms with Crippen molar-refractivity contribution in [1.29, 1.82) is 0 Å². The van der Waals surface area contributed by atoms with E-state index in [4.69, 9.17) is 11.6 Å². The van der Waals surface area contributed by atoms with Gasteiger partial charge in [0.15, 0.2) is 5.69 Å². The van der Waals surface area contributed by atoms with Crippen LogP contribution in [-0.4, -0.2) is 25.9 Å². The minimum Gasteiger partial charge on any atom is -0.344 e. The van der Waals surface area contributed by atoms with Gasteiger partial charge in [-0.05, 0) is 13.3 Å². The Bertz CT molecular complexity index is 589. The fourth-order valence-corrected chi connectivity index (χ4v) is 2.00. The first-order valence-electron chi connectivity index (χ1n) is 6.02. The average Bonchev–Trinajstić information content (AvgIpc) is 2.94. The largest absolute Gasteiger partial charge is 0.344 e. The third-order valence-electron chi connectivity index (χ3n) is 2.93. The maximum Gasteiger partial charge on any atom is 0.273 e. The van der Waals surface area contributed by atoms with Crippen LogP contribution >= 0.6 is 11.6 Å². The van der Waals surface area contributed by atoms with E-state index in [1.807, 2.05) is 20.2 Å². The van der Waals surface area contributed by atoms with Gasteiger partial charge in [-0.1, -0.05) is 18.5 Å². The first-order valence-corrected chi connectivity index (χ1v) is 6.40. The van der Waals surface area contributed by atoms with Gasteiger partial charge in [0.25, 0.3) is 5.91 Å². The number of amides is 1. The molecule has 0 bridgehead atoms. The number of carbonyl (C=O) groups is 1. The lowest BCUT2D eigenvalue weighted by Gasteiger charge is -2.14. The molecule has 0 aliphatic carbocycles. The number of hydrogen-bond donors (Lipinski definition) is 2. The molecule has 1 unspecified atom stereocenters. The maximum absolute atomic E-state index is 12.1. The molecular formula is C12H16ClN5O. The van der Waals surface area contributed by atoms with E-state index in [0.29, 0.717) is 10.7 Å². The molecule has 0 spiro atoms. The molecule has 0 aromatic carbocycles. The molecule has 0 fully saturated rings. The Hall–Kier alpha value is -1.82. The second-order valence-electron chi connectivity index (χ2n) is 4.39. The van der Waals surface area contributed by atoms with Crippen LogP contribution in [0.5, 0.6) is 0 Å². The van der Waals surface area contributed by atoms with Crippen molar-refractivity contribution in [3.8, 4) is 0 Å². The normalized spacial score (nSPS) is 12.4. The molecule has 2 heterocycles. The Kier molecular flexibility index (Phi) is 3.90. The van der Waals surface area contributed by atoms with Gasteiger partial charge in [-0.25, -0.2) is 0 Å². The number of aromatic amines is 1. The number of nitrogens with one attached hydrogen (secondary N) is 2. The van der Waals surface area contributed by atoms with Crippen molar-refractivity contribution in [3.05, 3.63) is 34.4 Å². The van der Waals surface area contributed by atoms with E-state index < -0.39 is 0 Å². The molecule has 0 aliphatic rings. The number of aryl methyl sites for hydroxylation is 2. The molecule has 0 saturated carbocycles. The van der Waals surface area contributed by atoms with Gasteiger partial charge < -0.3 is 5.32 Å². The molecule has 0 saturated heterocycles. The topological polar surface area (TPSA) is 75.6 Å². The highest BCUT2D eigenvalue weighted by atomic mass is 35.5. The average molecular weight is 282 g/mol. The Morgan fingerprint density at radius 1 is 1.63 bits per heavy atom. The Morgan fingerprint density at radius 3 is 2.84 bits per heavy atom. The SMILES string of the molecule is CCC(NC(=O)c1n[nH]c(C)c1Cl)c1cnn(C)c1. The molecule has 0 radical (unpaired) electrons. The highest BCUT2D eigenvalue weighted by Gasteiger charge is 2.20. The molecular weight excluding hydrogens is 266 g/mol. The number of nitrogens with zero attached hydrogens (tertiary/aromatic N) is 3. The van der Waals surface area contributed by atoms with Crippen LogP contribution in [0.4, 0.5) is 0 Å². The van der Waals surface area contributed by atoms with Crippen LogP contribution in [-0.2, 0) is 7.05 Å². The van der Waals surface area contributed by atoms with Gasteiger partial charge in [0.05, 0.1) is 23.0 Å². The first-order chi connectivity index (χ1) is 9.02. The second kappa shape index (κ2) is 5.44. The van der Waals surface area contributed by atoms with Crippen LogP contribution in [0.15, 0.2) is 12.4 Å². The number of aromatic nitrogens is 4. The van der Waals surface area contributed by atoms with Crippen LogP contribution in [0.2, 0.25) is 5.02 Å². The van der Waals surface area contributed by atoms with Gasteiger partial charge >= 0.3 is 0 Å². The molecule has 19 heavy (non-hydrogen) atoms. The summed E-state index contributed by atoms with van der Waals surface area (Å²) >= 11 is 6.01. The molecule has 102 valence electrons. The highest BCUT2D eigenvalue weighted by molar-refractivity contribution is 6.34. The van der Waals surface area contributed by atoms with E-state index >= 15 is 0 Å². The smallest absolute Gasteiger partial charge is 0.273 e. The summed E-state index contributed by atoms with van der Waals surface area (Å²) in [5.41, 5.74) is 1.87. The summed E-state index contributed by atoms with van der Waals surface area (Å²) in [6.07, 6.45) is 4.39. The Morgan fingerprint density at radius 2 is 2.37 bits per heavy atom. The Balaban J connectivity index is 2.15. The quantitative estimate of drug-likeness (QED) is 0.900. The van der Waals surface area contributed by atoms with E-state index in [2.05, 4.69) is 20.6 Å². The monoisotopic (exact) mass is 281 g/mol. The van der Waals surface area contributed by atoms with Crippen molar-refractivity contribution in [2.75, 3.05) is 0 Å². The third-order valence-corrected chi connectivity index (χ3v) is 3.39. The van der Waals surface area contributed by atoms with E-state index in [1.165, 1.54) is 0 Å². The van der Waals surface area contributed by atoms with E-state index in [9.17, 15) is 4.79 Å². The minimum absolute atomic E-state index is 0.103. The molecule has 0 aliphatic heterocycles. The summed E-state index contributed by atoms with van der Waals surface area (Å²) in [5, 5.41) is 14.0. The van der Waals surface area contributed by atoms with Gasteiger partial charge in [0.1, 0.15) is 0 Å². The fourth-order valence-electron chi connectivity index (χ4n) is 1.83. The van der Waals surface area contributed by atoms with Crippen molar-refractivity contribution in [2.45, 2.75) is 26.3 Å². The summed E-state index contributed by atoms with van der Waals surface area (Å²) in [7, 11) is 1.84. The lowest BCUT2D eigenvalue weighted by Crippen LogP contribution is -2.28. The number of H-pyrrole nitrogens is 1. The number of carbonyl (C=O) groups excluding carboxylic acids is 1. The zero-order chi connectivity index (χ0) is 14.0. The molecule has 6 nitrogen and oxygen atoms in total. The van der Waals surface area contributed by atoms with E-state index in [-0.39, 0.29) is 17.6 Å². The zero-order valence-electron chi connectivity index (χ0n) is 11.1. The predicted octanol–water partition coefficient (Wildman–Crippen LogP) is 1.99. The summed E-state index contributed by atoms with van der Waals surface area (Å²) < 4.78 is 1.70. The summed E-state index contributed by atoms with van der Waals surface area (Å²) in [6, 6.07) is -0.103.